The number of benzene rings is 1. The molecule has 34 heavy (non-hydrogen) atoms. The van der Waals surface area contributed by atoms with Gasteiger partial charge in [-0.3, -0.25) is 9.59 Å². The Bertz CT molecular complexity index is 889. The van der Waals surface area contributed by atoms with Crippen LogP contribution in [0, 0.1) is 18.3 Å². The van der Waals surface area contributed by atoms with Crippen molar-refractivity contribution in [3.63, 3.8) is 0 Å². The zero-order chi connectivity index (χ0) is 26.3. The number of ether oxygens (including phenoxy) is 1. The van der Waals surface area contributed by atoms with Gasteiger partial charge in [-0.15, -0.1) is 6.42 Å². The second-order valence-electron chi connectivity index (χ2n) is 10.5. The van der Waals surface area contributed by atoms with E-state index in [0.717, 1.165) is 0 Å². The van der Waals surface area contributed by atoms with Gasteiger partial charge in [0.15, 0.2) is 0 Å². The number of rotatable bonds is 8. The molecule has 8 heteroatoms. The fraction of sp³-hybridized carbons (Fsp3) is 0.577. The van der Waals surface area contributed by atoms with E-state index in [4.69, 9.17) is 11.2 Å². The van der Waals surface area contributed by atoms with Gasteiger partial charge in [0.05, 0.1) is 6.61 Å². The molecule has 0 aliphatic heterocycles. The van der Waals surface area contributed by atoms with Gasteiger partial charge in [0.1, 0.15) is 17.7 Å². The lowest BCUT2D eigenvalue weighted by Crippen LogP contribution is -2.56. The van der Waals surface area contributed by atoms with E-state index in [1.807, 2.05) is 20.8 Å². The first kappa shape index (κ1) is 29.0. The third-order valence-corrected chi connectivity index (χ3v) is 4.68. The molecule has 0 saturated heterocycles. The number of carbonyl (C=O) groups excluding carboxylic acids is 3. The molecule has 3 N–H and O–H groups in total. The predicted octanol–water partition coefficient (Wildman–Crippen LogP) is 2.99. The Kier molecular flexibility index (Phi) is 10.1. The molecule has 2 unspecified atom stereocenters. The lowest BCUT2D eigenvalue weighted by atomic mass is 9.97. The highest BCUT2D eigenvalue weighted by Gasteiger charge is 2.38. The molecule has 1 aromatic rings. The van der Waals surface area contributed by atoms with E-state index < -0.39 is 41.1 Å². The molecule has 2 atom stereocenters. The van der Waals surface area contributed by atoms with Crippen molar-refractivity contribution in [3.8, 4) is 12.3 Å². The average molecular weight is 474 g/mol. The molecule has 0 heterocycles. The lowest BCUT2D eigenvalue weighted by molar-refractivity contribution is -0.144. The molecule has 1 rings (SSSR count). The van der Waals surface area contributed by atoms with Gasteiger partial charge < -0.3 is 25.4 Å². The van der Waals surface area contributed by atoms with Crippen LogP contribution in [0.4, 0.5) is 4.79 Å². The predicted molar refractivity (Wildman–Crippen MR) is 132 cm³/mol. The highest BCUT2D eigenvalue weighted by atomic mass is 16.6. The number of carbonyl (C=O) groups is 3. The Morgan fingerprint density at radius 3 is 2.06 bits per heavy atom. The molecule has 0 aliphatic carbocycles. The molecular weight excluding hydrogens is 434 g/mol. The van der Waals surface area contributed by atoms with Crippen molar-refractivity contribution in [2.75, 3.05) is 13.2 Å². The van der Waals surface area contributed by atoms with E-state index in [-0.39, 0.29) is 19.1 Å². The van der Waals surface area contributed by atoms with E-state index in [1.165, 1.54) is 4.90 Å². The van der Waals surface area contributed by atoms with Crippen LogP contribution in [-0.2, 0) is 14.3 Å². The Labute approximate surface area is 203 Å². The zero-order valence-corrected chi connectivity index (χ0v) is 21.6. The van der Waals surface area contributed by atoms with E-state index >= 15 is 0 Å². The van der Waals surface area contributed by atoms with Crippen LogP contribution in [0.3, 0.4) is 0 Å². The molecule has 3 amide bonds. The third-order valence-electron chi connectivity index (χ3n) is 4.68. The summed E-state index contributed by atoms with van der Waals surface area (Å²) in [6, 6.07) is 4.72. The fourth-order valence-corrected chi connectivity index (χ4v) is 3.27. The van der Waals surface area contributed by atoms with Crippen molar-refractivity contribution < 1.29 is 24.2 Å². The van der Waals surface area contributed by atoms with Gasteiger partial charge in [-0.2, -0.15) is 0 Å². The Morgan fingerprint density at radius 2 is 1.65 bits per heavy atom. The topological polar surface area (TPSA) is 108 Å². The van der Waals surface area contributed by atoms with E-state index in [1.54, 1.807) is 58.9 Å². The van der Waals surface area contributed by atoms with Gasteiger partial charge in [0, 0.05) is 17.6 Å². The zero-order valence-electron chi connectivity index (χ0n) is 21.6. The first-order valence-electron chi connectivity index (χ1n) is 11.4. The Balaban J connectivity index is 3.45. The highest BCUT2D eigenvalue weighted by molar-refractivity contribution is 5.92. The van der Waals surface area contributed by atoms with Crippen LogP contribution in [0.1, 0.15) is 72.6 Å². The maximum absolute atomic E-state index is 13.7. The van der Waals surface area contributed by atoms with E-state index in [2.05, 4.69) is 16.6 Å². The molecule has 8 nitrogen and oxygen atoms in total. The van der Waals surface area contributed by atoms with Gasteiger partial charge in [0.25, 0.3) is 0 Å². The van der Waals surface area contributed by atoms with E-state index in [0.29, 0.717) is 11.1 Å². The van der Waals surface area contributed by atoms with Gasteiger partial charge in [-0.25, -0.2) is 4.79 Å². The number of terminal acetylenes is 1. The minimum atomic E-state index is -1.05. The van der Waals surface area contributed by atoms with Crippen LogP contribution in [0.25, 0.3) is 0 Å². The second kappa shape index (κ2) is 11.9. The lowest BCUT2D eigenvalue weighted by Gasteiger charge is -2.36. The summed E-state index contributed by atoms with van der Waals surface area (Å²) in [6.07, 6.45) is 4.72. The molecule has 0 fully saturated rings. The Morgan fingerprint density at radius 1 is 1.09 bits per heavy atom. The minimum absolute atomic E-state index is 0.114. The summed E-state index contributed by atoms with van der Waals surface area (Å²) in [7, 11) is 0. The maximum Gasteiger partial charge on any atom is 0.408 e. The van der Waals surface area contributed by atoms with E-state index in [9.17, 15) is 19.5 Å². The smallest absolute Gasteiger partial charge is 0.408 e. The number of nitrogens with one attached hydrogen (secondary N) is 2. The van der Waals surface area contributed by atoms with Crippen molar-refractivity contribution in [3.05, 3.63) is 35.4 Å². The largest absolute Gasteiger partial charge is 0.444 e. The molecule has 188 valence electrons. The van der Waals surface area contributed by atoms with Gasteiger partial charge >= 0.3 is 6.09 Å². The monoisotopic (exact) mass is 473 g/mol. The van der Waals surface area contributed by atoms with Crippen molar-refractivity contribution in [1.29, 1.82) is 0 Å². The summed E-state index contributed by atoms with van der Waals surface area (Å²) in [5, 5.41) is 15.3. The number of amides is 3. The van der Waals surface area contributed by atoms with Gasteiger partial charge in [-0.1, -0.05) is 31.9 Å². The number of aliphatic hydroxyl groups excluding tert-OH is 1. The summed E-state index contributed by atoms with van der Waals surface area (Å²) in [6.45, 7) is 13.8. The fourth-order valence-electron chi connectivity index (χ4n) is 3.27. The highest BCUT2D eigenvalue weighted by Crippen LogP contribution is 2.25. The quantitative estimate of drug-likeness (QED) is 0.503. The number of alkyl carbamates (subject to hydrolysis) is 1. The molecule has 0 spiro atoms. The summed E-state index contributed by atoms with van der Waals surface area (Å²) in [5.74, 6) is 1.30. The number of hydrogen-bond acceptors (Lipinski definition) is 5. The SMILES string of the molecule is C#Cc1ccc(C(C(=O)NC(C)(C)C)N(CCO)C(=O)C(NC(=O)OC(C)(C)C)C(C)C)cc1. The standard InChI is InChI=1S/C26H39N3O5/c1-10-18-11-13-19(14-12-18)21(22(31)28-25(4,5)6)29(15-16-30)23(32)20(17(2)3)27-24(33)34-26(7,8)9/h1,11-14,17,20-21,30H,15-16H2,2-9H3,(H,27,33)(H,28,31). The summed E-state index contributed by atoms with van der Waals surface area (Å²) in [4.78, 5) is 40.8. The van der Waals surface area contributed by atoms with Crippen LogP contribution >= 0.6 is 0 Å². The van der Waals surface area contributed by atoms with Crippen LogP contribution in [0.2, 0.25) is 0 Å². The second-order valence-corrected chi connectivity index (χ2v) is 10.5. The van der Waals surface area contributed by atoms with Crippen molar-refractivity contribution in [2.45, 2.75) is 78.6 Å². The summed E-state index contributed by atoms with van der Waals surface area (Å²) in [5.41, 5.74) is -0.144. The molecule has 0 aliphatic rings. The van der Waals surface area contributed by atoms with Crippen molar-refractivity contribution in [1.82, 2.24) is 15.5 Å². The Hall–Kier alpha value is -3.05. The number of hydrogen-bond donors (Lipinski definition) is 3. The van der Waals surface area contributed by atoms with Crippen LogP contribution in [0.15, 0.2) is 24.3 Å². The van der Waals surface area contributed by atoms with Gasteiger partial charge in [-0.05, 0) is 65.2 Å². The molecule has 0 aromatic heterocycles. The first-order chi connectivity index (χ1) is 15.6. The molecule has 0 saturated carbocycles. The summed E-state index contributed by atoms with van der Waals surface area (Å²) >= 11 is 0. The minimum Gasteiger partial charge on any atom is -0.444 e. The van der Waals surface area contributed by atoms with Crippen LogP contribution < -0.4 is 10.6 Å². The average Bonchev–Trinajstić information content (AvgIpc) is 2.68. The molecule has 0 radical (unpaired) electrons. The first-order valence-corrected chi connectivity index (χ1v) is 11.4. The molecular formula is C26H39N3O5. The van der Waals surface area contributed by atoms with Crippen molar-refractivity contribution in [2.24, 2.45) is 5.92 Å². The van der Waals surface area contributed by atoms with Crippen LogP contribution in [-0.4, -0.2) is 58.2 Å². The molecule has 1 aromatic carbocycles. The van der Waals surface area contributed by atoms with Crippen molar-refractivity contribution >= 4 is 17.9 Å². The van der Waals surface area contributed by atoms with Crippen LogP contribution in [0.5, 0.6) is 0 Å². The third kappa shape index (κ3) is 9.06. The number of aliphatic hydroxyl groups is 1. The normalized spacial score (nSPS) is 13.4. The molecule has 0 bridgehead atoms. The number of nitrogens with zero attached hydrogens (tertiary/aromatic N) is 1. The maximum atomic E-state index is 13.7. The summed E-state index contributed by atoms with van der Waals surface area (Å²) < 4.78 is 5.32. The van der Waals surface area contributed by atoms with Gasteiger partial charge in [0.2, 0.25) is 11.8 Å².